The molecule has 2 nitrogen and oxygen atoms in total. The third-order valence-corrected chi connectivity index (χ3v) is 4.81. The molecule has 1 aliphatic rings. The van der Waals surface area contributed by atoms with Crippen molar-refractivity contribution in [3.63, 3.8) is 0 Å². The van der Waals surface area contributed by atoms with E-state index < -0.39 is 0 Å². The Morgan fingerprint density at radius 2 is 1.38 bits per heavy atom. The molecule has 1 amide bonds. The number of unbranched alkanes of at least 4 members (excludes halogenated alkanes) is 8. The molecule has 0 aromatic carbocycles. The second kappa shape index (κ2) is 15.5. The molecular formula is C22H39NO. The minimum atomic E-state index is 0.394. The molecular weight excluding hydrogens is 294 g/mol. The smallest absolute Gasteiger partial charge is 0.222 e. The summed E-state index contributed by atoms with van der Waals surface area (Å²) in [4.78, 5) is 13.9. The number of nitrogens with zero attached hydrogens (tertiary/aromatic N) is 1. The van der Waals surface area contributed by atoms with E-state index in [9.17, 15) is 4.79 Å². The minimum absolute atomic E-state index is 0.394. The van der Waals surface area contributed by atoms with E-state index in [0.29, 0.717) is 5.91 Å². The van der Waals surface area contributed by atoms with E-state index >= 15 is 0 Å². The van der Waals surface area contributed by atoms with Crippen LogP contribution in [0.15, 0.2) is 24.3 Å². The summed E-state index contributed by atoms with van der Waals surface area (Å²) in [6, 6.07) is 0. The maximum absolute atomic E-state index is 11.9. The largest absolute Gasteiger partial charge is 0.343 e. The number of rotatable bonds is 14. The Bertz CT molecular complexity index is 353. The second-order valence-electron chi connectivity index (χ2n) is 7.04. The summed E-state index contributed by atoms with van der Waals surface area (Å²) in [5, 5.41) is 0. The van der Waals surface area contributed by atoms with E-state index in [-0.39, 0.29) is 0 Å². The van der Waals surface area contributed by atoms with Crippen LogP contribution in [0.2, 0.25) is 0 Å². The molecule has 0 N–H and O–H groups in total. The van der Waals surface area contributed by atoms with Gasteiger partial charge >= 0.3 is 0 Å². The lowest BCUT2D eigenvalue weighted by atomic mass is 10.1. The highest BCUT2D eigenvalue weighted by atomic mass is 16.2. The number of carbonyl (C=O) groups excluding carboxylic acids is 1. The van der Waals surface area contributed by atoms with Gasteiger partial charge in [0.25, 0.3) is 0 Å². The van der Waals surface area contributed by atoms with Crippen LogP contribution in [0.4, 0.5) is 0 Å². The molecule has 138 valence electrons. The van der Waals surface area contributed by atoms with Crippen molar-refractivity contribution in [2.45, 2.75) is 96.8 Å². The van der Waals surface area contributed by atoms with Crippen LogP contribution in [-0.4, -0.2) is 23.9 Å². The highest BCUT2D eigenvalue weighted by molar-refractivity contribution is 5.76. The van der Waals surface area contributed by atoms with E-state index in [1.165, 1.54) is 64.2 Å². The van der Waals surface area contributed by atoms with E-state index in [2.05, 4.69) is 36.1 Å². The van der Waals surface area contributed by atoms with Crippen LogP contribution in [0.1, 0.15) is 96.8 Å². The lowest BCUT2D eigenvalue weighted by Crippen LogP contribution is -2.27. The molecule has 0 aromatic heterocycles. The lowest BCUT2D eigenvalue weighted by molar-refractivity contribution is -0.130. The molecule has 1 saturated heterocycles. The second-order valence-corrected chi connectivity index (χ2v) is 7.04. The molecule has 0 saturated carbocycles. The summed E-state index contributed by atoms with van der Waals surface area (Å²) in [6.45, 7) is 4.18. The van der Waals surface area contributed by atoms with Crippen molar-refractivity contribution < 1.29 is 4.79 Å². The Hall–Kier alpha value is -1.05. The molecule has 1 heterocycles. The van der Waals surface area contributed by atoms with Crippen molar-refractivity contribution in [1.29, 1.82) is 0 Å². The lowest BCUT2D eigenvalue weighted by Gasteiger charge is -2.14. The van der Waals surface area contributed by atoms with Gasteiger partial charge in [-0.05, 0) is 44.9 Å². The summed E-state index contributed by atoms with van der Waals surface area (Å²) in [5.74, 6) is 0.394. The van der Waals surface area contributed by atoms with Crippen LogP contribution >= 0.6 is 0 Å². The average Bonchev–Trinajstić information content (AvgIpc) is 3.13. The van der Waals surface area contributed by atoms with Crippen LogP contribution < -0.4 is 0 Å². The van der Waals surface area contributed by atoms with Gasteiger partial charge in [-0.1, -0.05) is 69.8 Å². The fraction of sp³-hybridized carbons (Fsp3) is 0.773. The minimum Gasteiger partial charge on any atom is -0.343 e. The Kier molecular flexibility index (Phi) is 13.5. The van der Waals surface area contributed by atoms with Gasteiger partial charge in [0.1, 0.15) is 0 Å². The van der Waals surface area contributed by atoms with Gasteiger partial charge in [-0.15, -0.1) is 0 Å². The molecule has 0 atom stereocenters. The molecule has 0 aromatic rings. The topological polar surface area (TPSA) is 20.3 Å². The SMILES string of the molecule is CC/C=C/C/C=C/CCCCCCCCCCC(=O)N1CCCC1. The van der Waals surface area contributed by atoms with Gasteiger partial charge < -0.3 is 4.90 Å². The first-order valence-corrected chi connectivity index (χ1v) is 10.4. The average molecular weight is 334 g/mol. The Balaban J connectivity index is 1.77. The van der Waals surface area contributed by atoms with Gasteiger partial charge in [0.05, 0.1) is 0 Å². The molecule has 1 rings (SSSR count). The quantitative estimate of drug-likeness (QED) is 0.265. The maximum Gasteiger partial charge on any atom is 0.222 e. The van der Waals surface area contributed by atoms with Crippen LogP contribution in [-0.2, 0) is 4.79 Å². The number of hydrogen-bond acceptors (Lipinski definition) is 1. The molecule has 0 spiro atoms. The third-order valence-electron chi connectivity index (χ3n) is 4.81. The van der Waals surface area contributed by atoms with Crippen LogP contribution in [0.25, 0.3) is 0 Å². The molecule has 0 unspecified atom stereocenters. The van der Waals surface area contributed by atoms with Crippen molar-refractivity contribution in [3.8, 4) is 0 Å². The Labute approximate surface area is 150 Å². The van der Waals surface area contributed by atoms with E-state index in [1.807, 2.05) is 0 Å². The maximum atomic E-state index is 11.9. The Morgan fingerprint density at radius 3 is 2.04 bits per heavy atom. The van der Waals surface area contributed by atoms with E-state index in [4.69, 9.17) is 0 Å². The Morgan fingerprint density at radius 1 is 0.792 bits per heavy atom. The van der Waals surface area contributed by atoms with Crippen molar-refractivity contribution in [1.82, 2.24) is 4.90 Å². The summed E-state index contributed by atoms with van der Waals surface area (Å²) in [6.07, 6.45) is 26.1. The highest BCUT2D eigenvalue weighted by Gasteiger charge is 2.16. The van der Waals surface area contributed by atoms with Crippen molar-refractivity contribution in [3.05, 3.63) is 24.3 Å². The molecule has 1 aliphatic heterocycles. The molecule has 0 aliphatic carbocycles. The fourth-order valence-corrected chi connectivity index (χ4v) is 3.28. The van der Waals surface area contributed by atoms with Gasteiger partial charge in [-0.25, -0.2) is 0 Å². The molecule has 2 heteroatoms. The number of amides is 1. The van der Waals surface area contributed by atoms with E-state index in [1.54, 1.807) is 0 Å². The van der Waals surface area contributed by atoms with Gasteiger partial charge in [-0.3, -0.25) is 4.79 Å². The first-order chi connectivity index (χ1) is 11.8. The molecule has 24 heavy (non-hydrogen) atoms. The summed E-state index contributed by atoms with van der Waals surface area (Å²) in [7, 11) is 0. The molecule has 1 fully saturated rings. The standard InChI is InChI=1S/C22H39NO/c1-2-3-4-5-6-7-8-9-10-11-12-13-14-15-16-19-22(24)23-20-17-18-21-23/h3-4,6-7H,2,5,8-21H2,1H3/b4-3+,7-6+. The van der Waals surface area contributed by atoms with E-state index in [0.717, 1.165) is 38.8 Å². The number of likely N-dealkylation sites (tertiary alicyclic amines) is 1. The van der Waals surface area contributed by atoms with Crippen LogP contribution in [0.5, 0.6) is 0 Å². The van der Waals surface area contributed by atoms with Gasteiger partial charge in [-0.2, -0.15) is 0 Å². The number of carbonyl (C=O) groups is 1. The normalized spacial score (nSPS) is 15.1. The fourth-order valence-electron chi connectivity index (χ4n) is 3.28. The van der Waals surface area contributed by atoms with Crippen molar-refractivity contribution in [2.24, 2.45) is 0 Å². The first-order valence-electron chi connectivity index (χ1n) is 10.4. The number of allylic oxidation sites excluding steroid dienone is 4. The zero-order chi connectivity index (χ0) is 17.3. The monoisotopic (exact) mass is 333 g/mol. The molecule has 0 radical (unpaired) electrons. The van der Waals surface area contributed by atoms with Gasteiger partial charge in [0.15, 0.2) is 0 Å². The van der Waals surface area contributed by atoms with Crippen LogP contribution in [0, 0.1) is 0 Å². The summed E-state index contributed by atoms with van der Waals surface area (Å²) in [5.41, 5.74) is 0. The zero-order valence-corrected chi connectivity index (χ0v) is 16.0. The predicted octanol–water partition coefficient (Wildman–Crippen LogP) is 6.42. The summed E-state index contributed by atoms with van der Waals surface area (Å²) < 4.78 is 0. The summed E-state index contributed by atoms with van der Waals surface area (Å²) >= 11 is 0. The van der Waals surface area contributed by atoms with Gasteiger partial charge in [0, 0.05) is 19.5 Å². The van der Waals surface area contributed by atoms with Crippen LogP contribution in [0.3, 0.4) is 0 Å². The molecule has 0 bridgehead atoms. The van der Waals surface area contributed by atoms with Gasteiger partial charge in [0.2, 0.25) is 5.91 Å². The highest BCUT2D eigenvalue weighted by Crippen LogP contribution is 2.13. The first kappa shape index (κ1) is 21.0. The van der Waals surface area contributed by atoms with Crippen molar-refractivity contribution >= 4 is 5.91 Å². The van der Waals surface area contributed by atoms with Crippen molar-refractivity contribution in [2.75, 3.05) is 13.1 Å². The zero-order valence-electron chi connectivity index (χ0n) is 16.0. The third kappa shape index (κ3) is 11.5. The predicted molar refractivity (Wildman–Crippen MR) is 105 cm³/mol. The number of hydrogen-bond donors (Lipinski definition) is 0.